The highest BCUT2D eigenvalue weighted by molar-refractivity contribution is 6.40. The van der Waals surface area contributed by atoms with Gasteiger partial charge in [0.05, 0.1) is 0 Å². The molecule has 2 saturated heterocycles. The van der Waals surface area contributed by atoms with Crippen LogP contribution in [-0.4, -0.2) is 7.28 Å². The summed E-state index contributed by atoms with van der Waals surface area (Å²) in [4.78, 5) is 0. The van der Waals surface area contributed by atoms with E-state index < -0.39 is 0 Å². The van der Waals surface area contributed by atoms with Crippen LogP contribution in [-0.2, 0) is 0 Å². The average molecular weight is 231 g/mol. The van der Waals surface area contributed by atoms with E-state index in [0.29, 0.717) is 0 Å². The zero-order valence-electron chi connectivity index (χ0n) is 11.7. The number of hydrogen-bond donors (Lipinski definition) is 0. The molecule has 2 fully saturated rings. The molecular weight excluding hydrogens is 203 g/mol. The maximum absolute atomic E-state index is 2.73. The minimum absolute atomic E-state index is 0.994. The first-order chi connectivity index (χ1) is 8.43. The lowest BCUT2D eigenvalue weighted by molar-refractivity contribution is 0.230. The highest BCUT2D eigenvalue weighted by Crippen LogP contribution is 2.49. The van der Waals surface area contributed by atoms with Crippen molar-refractivity contribution in [3.63, 3.8) is 0 Å². The van der Waals surface area contributed by atoms with Crippen molar-refractivity contribution in [1.82, 2.24) is 0 Å². The van der Waals surface area contributed by atoms with Gasteiger partial charge in [0.1, 0.15) is 7.28 Å². The van der Waals surface area contributed by atoms with Crippen molar-refractivity contribution in [3.05, 3.63) is 12.2 Å². The van der Waals surface area contributed by atoms with Crippen LogP contribution in [0.4, 0.5) is 0 Å². The van der Waals surface area contributed by atoms with Gasteiger partial charge in [0.2, 0.25) is 0 Å². The Labute approximate surface area is 108 Å². The molecule has 0 spiro atoms. The third-order valence-corrected chi connectivity index (χ3v) is 4.97. The molecule has 3 aliphatic rings. The second-order valence-electron chi connectivity index (χ2n) is 5.83. The van der Waals surface area contributed by atoms with Crippen molar-refractivity contribution in [2.24, 2.45) is 11.8 Å². The molecule has 0 nitrogen and oxygen atoms in total. The Hall–Kier alpha value is -0.195. The van der Waals surface area contributed by atoms with E-state index >= 15 is 0 Å². The first-order valence-corrected chi connectivity index (χ1v) is 7.93. The van der Waals surface area contributed by atoms with E-state index in [4.69, 9.17) is 0 Å². The van der Waals surface area contributed by atoms with Crippen LogP contribution in [0.15, 0.2) is 12.2 Å². The summed E-state index contributed by atoms with van der Waals surface area (Å²) in [5.74, 6) is 4.06. The van der Waals surface area contributed by atoms with Gasteiger partial charge in [0, 0.05) is 0 Å². The number of rotatable bonds is 1. The average Bonchev–Trinajstić information content (AvgIpc) is 2.43. The van der Waals surface area contributed by atoms with E-state index in [9.17, 15) is 0 Å². The molecule has 1 radical (unpaired) electrons. The molecule has 4 atom stereocenters. The van der Waals surface area contributed by atoms with Crippen molar-refractivity contribution < 1.29 is 0 Å². The fourth-order valence-electron chi connectivity index (χ4n) is 4.17. The van der Waals surface area contributed by atoms with Gasteiger partial charge in [-0.1, -0.05) is 69.7 Å². The molecule has 0 saturated carbocycles. The summed E-state index contributed by atoms with van der Waals surface area (Å²) >= 11 is 0. The topological polar surface area (TPSA) is 0 Å². The smallest absolute Gasteiger partial charge is 0.0885 e. The second kappa shape index (κ2) is 6.66. The van der Waals surface area contributed by atoms with Gasteiger partial charge in [-0.2, -0.15) is 0 Å². The van der Waals surface area contributed by atoms with E-state index in [-0.39, 0.29) is 0 Å². The van der Waals surface area contributed by atoms with Gasteiger partial charge >= 0.3 is 0 Å². The van der Waals surface area contributed by atoms with Gasteiger partial charge in [-0.05, 0) is 31.1 Å². The molecule has 0 aromatic carbocycles. The molecular formula is C16H28B. The Bertz CT molecular complexity index is 246. The zero-order chi connectivity index (χ0) is 12.1. The zero-order valence-corrected chi connectivity index (χ0v) is 11.7. The van der Waals surface area contributed by atoms with Gasteiger partial charge in [-0.15, -0.1) is 0 Å². The summed E-state index contributed by atoms with van der Waals surface area (Å²) in [6, 6.07) is 0. The summed E-state index contributed by atoms with van der Waals surface area (Å²) in [6.07, 6.45) is 16.5. The van der Waals surface area contributed by atoms with Crippen LogP contribution in [0, 0.1) is 11.8 Å². The van der Waals surface area contributed by atoms with Crippen LogP contribution >= 0.6 is 0 Å². The van der Waals surface area contributed by atoms with Crippen LogP contribution in [0.1, 0.15) is 65.2 Å². The quantitative estimate of drug-likeness (QED) is 0.427. The largest absolute Gasteiger partial charge is 0.118 e. The van der Waals surface area contributed by atoms with Crippen LogP contribution in [0.3, 0.4) is 0 Å². The standard InChI is InChI=1S/C14H22B.C2H6/c1-2-5-11(6-3-1)13-10-9-12-7-4-8-14(13)15-12;1-2/h1-2,11-14H,3-10H2;1-2H3. The molecule has 2 aliphatic heterocycles. The molecule has 0 amide bonds. The molecule has 3 rings (SSSR count). The fraction of sp³-hybridized carbons (Fsp3) is 0.875. The van der Waals surface area contributed by atoms with Gasteiger partial charge in [0.25, 0.3) is 0 Å². The predicted octanol–water partition coefficient (Wildman–Crippen LogP) is 5.24. The van der Waals surface area contributed by atoms with Crippen LogP contribution in [0.25, 0.3) is 0 Å². The van der Waals surface area contributed by atoms with Gasteiger partial charge in [-0.3, -0.25) is 0 Å². The van der Waals surface area contributed by atoms with Crippen molar-refractivity contribution in [2.45, 2.75) is 76.8 Å². The second-order valence-corrected chi connectivity index (χ2v) is 5.83. The minimum Gasteiger partial charge on any atom is -0.0885 e. The maximum atomic E-state index is 2.73. The SMILES string of the molecule is CC.[B]1C2CCCC1C(C1CC=CCC1)CC2. The Balaban J connectivity index is 0.000000514. The lowest BCUT2D eigenvalue weighted by Gasteiger charge is -2.43. The fourth-order valence-corrected chi connectivity index (χ4v) is 4.17. The van der Waals surface area contributed by atoms with Crippen molar-refractivity contribution in [3.8, 4) is 0 Å². The molecule has 0 aromatic rings. The molecule has 1 aliphatic carbocycles. The first-order valence-electron chi connectivity index (χ1n) is 7.93. The minimum atomic E-state index is 0.994. The first kappa shape index (κ1) is 13.2. The summed E-state index contributed by atoms with van der Waals surface area (Å²) in [5.41, 5.74) is 0. The lowest BCUT2D eigenvalue weighted by Crippen LogP contribution is -2.33. The van der Waals surface area contributed by atoms with Gasteiger partial charge < -0.3 is 0 Å². The van der Waals surface area contributed by atoms with E-state index in [2.05, 4.69) is 19.4 Å². The molecule has 2 bridgehead atoms. The summed E-state index contributed by atoms with van der Waals surface area (Å²) in [6.45, 7) is 4.00. The molecule has 2 heterocycles. The Kier molecular flexibility index (Phi) is 5.19. The van der Waals surface area contributed by atoms with Crippen LogP contribution < -0.4 is 0 Å². The van der Waals surface area contributed by atoms with E-state index in [1.165, 1.54) is 51.4 Å². The third kappa shape index (κ3) is 3.17. The molecule has 95 valence electrons. The highest BCUT2D eigenvalue weighted by atomic mass is 14.4. The summed E-state index contributed by atoms with van der Waals surface area (Å²) < 4.78 is 0. The van der Waals surface area contributed by atoms with Crippen molar-refractivity contribution in [1.29, 1.82) is 0 Å². The third-order valence-electron chi connectivity index (χ3n) is 4.97. The summed E-state index contributed by atoms with van der Waals surface area (Å²) in [7, 11) is 2.73. The monoisotopic (exact) mass is 231 g/mol. The Morgan fingerprint density at radius 3 is 2.59 bits per heavy atom. The van der Waals surface area contributed by atoms with Gasteiger partial charge in [-0.25, -0.2) is 0 Å². The number of fused-ring (bicyclic) bond motifs is 2. The highest BCUT2D eigenvalue weighted by Gasteiger charge is 2.37. The number of hydrogen-bond acceptors (Lipinski definition) is 0. The molecule has 1 heteroatoms. The molecule has 0 aromatic heterocycles. The van der Waals surface area contributed by atoms with E-state index in [0.717, 1.165) is 23.5 Å². The predicted molar refractivity (Wildman–Crippen MR) is 77.7 cm³/mol. The van der Waals surface area contributed by atoms with E-state index in [1.807, 2.05) is 13.8 Å². The Morgan fingerprint density at radius 2 is 1.82 bits per heavy atom. The molecule has 4 unspecified atom stereocenters. The maximum Gasteiger partial charge on any atom is 0.118 e. The van der Waals surface area contributed by atoms with Gasteiger partial charge in [0.15, 0.2) is 0 Å². The Morgan fingerprint density at radius 1 is 0.941 bits per heavy atom. The molecule has 0 N–H and O–H groups in total. The lowest BCUT2D eigenvalue weighted by atomic mass is 9.40. The van der Waals surface area contributed by atoms with E-state index in [1.54, 1.807) is 0 Å². The summed E-state index contributed by atoms with van der Waals surface area (Å²) in [5, 5.41) is 0. The van der Waals surface area contributed by atoms with Crippen molar-refractivity contribution in [2.75, 3.05) is 0 Å². The molecule has 17 heavy (non-hydrogen) atoms. The van der Waals surface area contributed by atoms with Crippen LogP contribution in [0.5, 0.6) is 0 Å². The van der Waals surface area contributed by atoms with Crippen LogP contribution in [0.2, 0.25) is 11.6 Å². The van der Waals surface area contributed by atoms with Crippen molar-refractivity contribution >= 4 is 7.28 Å². The normalized spacial score (nSPS) is 39.9. The number of allylic oxidation sites excluding steroid dienone is 2.